The number of carbonyl (C=O) groups is 2. The van der Waals surface area contributed by atoms with E-state index in [1.165, 1.54) is 5.56 Å². The van der Waals surface area contributed by atoms with Crippen LogP contribution < -0.4 is 0 Å². The van der Waals surface area contributed by atoms with Crippen molar-refractivity contribution in [2.45, 2.75) is 117 Å². The van der Waals surface area contributed by atoms with Crippen molar-refractivity contribution in [2.75, 3.05) is 0 Å². The molecule has 0 amide bonds. The largest absolute Gasteiger partial charge is 0.481 e. The van der Waals surface area contributed by atoms with Crippen LogP contribution in [-0.4, -0.2) is 22.2 Å². The van der Waals surface area contributed by atoms with Gasteiger partial charge in [0.1, 0.15) is 0 Å². The van der Waals surface area contributed by atoms with Crippen LogP contribution in [-0.2, 0) is 23.1 Å². The molecule has 0 aliphatic carbocycles. The van der Waals surface area contributed by atoms with E-state index in [9.17, 15) is 19.8 Å². The molecule has 0 aromatic heterocycles. The van der Waals surface area contributed by atoms with Crippen LogP contribution in [0, 0.1) is 6.92 Å². The summed E-state index contributed by atoms with van der Waals surface area (Å²) < 4.78 is 0. The number of aryl methyl sites for hydroxylation is 2. The minimum atomic E-state index is -0.781. The van der Waals surface area contributed by atoms with E-state index in [1.54, 1.807) is 0 Å². The van der Waals surface area contributed by atoms with Gasteiger partial charge in [-0.3, -0.25) is 4.79 Å². The molecular formula is C32H48O4. The number of carboxylic acid groups (broad SMARTS) is 2. The van der Waals surface area contributed by atoms with Gasteiger partial charge in [0.05, 0.1) is 11.0 Å². The first kappa shape index (κ1) is 31.4. The number of carboxylic acids is 2. The summed E-state index contributed by atoms with van der Waals surface area (Å²) in [6.45, 7) is 10.4. The van der Waals surface area contributed by atoms with Crippen molar-refractivity contribution in [1.82, 2.24) is 0 Å². The summed E-state index contributed by atoms with van der Waals surface area (Å²) in [5.41, 5.74) is 3.99. The lowest BCUT2D eigenvalue weighted by Gasteiger charge is -2.30. The van der Waals surface area contributed by atoms with Crippen molar-refractivity contribution in [3.63, 3.8) is 0 Å². The molecule has 200 valence electrons. The van der Waals surface area contributed by atoms with Gasteiger partial charge >= 0.3 is 11.9 Å². The van der Waals surface area contributed by atoms with Gasteiger partial charge in [0.2, 0.25) is 0 Å². The minimum absolute atomic E-state index is 0.539. The maximum atomic E-state index is 11.8. The first-order chi connectivity index (χ1) is 17.3. The molecule has 0 saturated carbocycles. The Morgan fingerprint density at radius 2 is 1.25 bits per heavy atom. The predicted octanol–water partition coefficient (Wildman–Crippen LogP) is 8.77. The molecule has 2 rings (SSSR count). The fraction of sp³-hybridized carbons (Fsp3) is 0.562. The summed E-state index contributed by atoms with van der Waals surface area (Å²) in [5, 5.41) is 19.1. The van der Waals surface area contributed by atoms with E-state index in [1.807, 2.05) is 43.3 Å². The van der Waals surface area contributed by atoms with Crippen LogP contribution >= 0.6 is 0 Å². The van der Waals surface area contributed by atoms with Crippen LogP contribution in [0.25, 0.3) is 0 Å². The Morgan fingerprint density at radius 3 is 1.72 bits per heavy atom. The third-order valence-corrected chi connectivity index (χ3v) is 7.06. The van der Waals surface area contributed by atoms with Gasteiger partial charge in [-0.1, -0.05) is 109 Å². The van der Waals surface area contributed by atoms with E-state index in [4.69, 9.17) is 0 Å². The van der Waals surface area contributed by atoms with E-state index in [-0.39, 0.29) is 0 Å². The number of unbranched alkanes of at least 4 members (excludes halogenated alkanes) is 4. The third kappa shape index (κ3) is 9.11. The maximum absolute atomic E-state index is 11.8. The first-order valence-electron chi connectivity index (χ1n) is 13.9. The number of aromatic carboxylic acids is 1. The highest BCUT2D eigenvalue weighted by atomic mass is 16.4. The molecule has 0 aliphatic heterocycles. The molecule has 36 heavy (non-hydrogen) atoms. The molecule has 4 nitrogen and oxygen atoms in total. The Hall–Kier alpha value is -2.62. The lowest BCUT2D eigenvalue weighted by Crippen LogP contribution is -2.36. The third-order valence-electron chi connectivity index (χ3n) is 7.06. The van der Waals surface area contributed by atoms with Gasteiger partial charge in [0.25, 0.3) is 0 Å². The van der Waals surface area contributed by atoms with E-state index in [0.717, 1.165) is 93.7 Å². The average molecular weight is 497 g/mol. The summed E-state index contributed by atoms with van der Waals surface area (Å²) in [4.78, 5) is 23.3. The van der Waals surface area contributed by atoms with Gasteiger partial charge in [0.15, 0.2) is 0 Å². The second kappa shape index (κ2) is 16.9. The Morgan fingerprint density at radius 1 is 0.722 bits per heavy atom. The molecule has 0 aliphatic rings. The second-order valence-corrected chi connectivity index (χ2v) is 9.87. The Kier molecular flexibility index (Phi) is 14.8. The molecule has 2 aromatic rings. The summed E-state index contributed by atoms with van der Waals surface area (Å²) in [5.74, 6) is -1.45. The Labute approximate surface area is 219 Å². The molecule has 0 heterocycles. The van der Waals surface area contributed by atoms with Crippen molar-refractivity contribution in [2.24, 2.45) is 0 Å². The molecule has 0 bridgehead atoms. The van der Waals surface area contributed by atoms with Gasteiger partial charge in [-0.25, -0.2) is 4.79 Å². The number of benzene rings is 2. The van der Waals surface area contributed by atoms with Crippen molar-refractivity contribution in [1.29, 1.82) is 0 Å². The molecule has 0 unspecified atom stereocenters. The van der Waals surface area contributed by atoms with Crippen molar-refractivity contribution < 1.29 is 19.8 Å². The Balaban J connectivity index is 0.000000360. The van der Waals surface area contributed by atoms with Gasteiger partial charge in [-0.05, 0) is 67.7 Å². The van der Waals surface area contributed by atoms with E-state index >= 15 is 0 Å². The summed E-state index contributed by atoms with van der Waals surface area (Å²) in [7, 11) is 0. The summed E-state index contributed by atoms with van der Waals surface area (Å²) in [6.07, 6.45) is 11.8. The maximum Gasteiger partial charge on any atom is 0.336 e. The fourth-order valence-electron chi connectivity index (χ4n) is 4.81. The molecule has 0 radical (unpaired) electrons. The van der Waals surface area contributed by atoms with Crippen LogP contribution in [0.2, 0.25) is 0 Å². The van der Waals surface area contributed by atoms with E-state index in [0.29, 0.717) is 5.56 Å². The summed E-state index contributed by atoms with van der Waals surface area (Å²) in [6, 6.07) is 13.8. The molecule has 2 N–H and O–H groups in total. The monoisotopic (exact) mass is 496 g/mol. The minimum Gasteiger partial charge on any atom is -0.481 e. The lowest BCUT2D eigenvalue weighted by atomic mass is 9.73. The van der Waals surface area contributed by atoms with Crippen LogP contribution in [0.4, 0.5) is 0 Å². The van der Waals surface area contributed by atoms with Gasteiger partial charge in [-0.2, -0.15) is 0 Å². The molecule has 0 atom stereocenters. The smallest absolute Gasteiger partial charge is 0.336 e. The van der Waals surface area contributed by atoms with E-state index in [2.05, 4.69) is 33.8 Å². The molecule has 0 fully saturated rings. The SMILES string of the molecule is CCCCC(CCCC)(C(=O)O)c1ccccc1.CCCCc1ccc(C)c(C(=O)O)c1CCCC. The van der Waals surface area contributed by atoms with Crippen molar-refractivity contribution >= 4 is 11.9 Å². The van der Waals surface area contributed by atoms with Crippen LogP contribution in [0.1, 0.15) is 125 Å². The van der Waals surface area contributed by atoms with Gasteiger partial charge < -0.3 is 10.2 Å². The highest BCUT2D eigenvalue weighted by Gasteiger charge is 2.38. The molecule has 4 heteroatoms. The highest BCUT2D eigenvalue weighted by molar-refractivity contribution is 5.91. The normalized spacial score (nSPS) is 11.0. The first-order valence-corrected chi connectivity index (χ1v) is 13.9. The van der Waals surface area contributed by atoms with Crippen LogP contribution in [0.3, 0.4) is 0 Å². The molecule has 0 saturated heterocycles. The fourth-order valence-corrected chi connectivity index (χ4v) is 4.81. The van der Waals surface area contributed by atoms with Gasteiger partial charge in [-0.15, -0.1) is 0 Å². The average Bonchev–Trinajstić information content (AvgIpc) is 2.87. The zero-order valence-corrected chi connectivity index (χ0v) is 23.2. The quantitative estimate of drug-likeness (QED) is 0.258. The van der Waals surface area contributed by atoms with Crippen LogP contribution in [0.15, 0.2) is 42.5 Å². The number of rotatable bonds is 15. The van der Waals surface area contributed by atoms with Crippen molar-refractivity contribution in [3.05, 3.63) is 70.3 Å². The number of aliphatic carboxylic acids is 1. The number of hydrogen-bond acceptors (Lipinski definition) is 2. The highest BCUT2D eigenvalue weighted by Crippen LogP contribution is 2.35. The van der Waals surface area contributed by atoms with Gasteiger partial charge in [0, 0.05) is 0 Å². The predicted molar refractivity (Wildman–Crippen MR) is 150 cm³/mol. The zero-order chi connectivity index (χ0) is 27.0. The van der Waals surface area contributed by atoms with Crippen LogP contribution in [0.5, 0.6) is 0 Å². The van der Waals surface area contributed by atoms with E-state index < -0.39 is 17.4 Å². The topological polar surface area (TPSA) is 74.6 Å². The standard InChI is InChI=1S/2C16H24O2/c1-4-6-8-13-11-10-12(3)15(16(17)18)14(13)9-7-5-2;1-3-5-12-16(15(17)18,13-6-4-2)14-10-8-7-9-11-14/h10-11H,4-9H2,1-3H3,(H,17,18);7-11H,3-6,12-13H2,1-2H3,(H,17,18). The molecule has 0 spiro atoms. The number of hydrogen-bond donors (Lipinski definition) is 2. The lowest BCUT2D eigenvalue weighted by molar-refractivity contribution is -0.144. The Bertz CT molecular complexity index is 909. The molecular weight excluding hydrogens is 448 g/mol. The molecule has 2 aromatic carbocycles. The second-order valence-electron chi connectivity index (χ2n) is 9.87. The summed E-state index contributed by atoms with van der Waals surface area (Å²) >= 11 is 0. The van der Waals surface area contributed by atoms with Crippen molar-refractivity contribution in [3.8, 4) is 0 Å². The zero-order valence-electron chi connectivity index (χ0n) is 23.2.